The maximum absolute atomic E-state index is 4.23. The minimum absolute atomic E-state index is 0.491. The van der Waals surface area contributed by atoms with E-state index in [0.717, 1.165) is 19.0 Å². The zero-order chi connectivity index (χ0) is 12.5. The van der Waals surface area contributed by atoms with E-state index in [1.54, 1.807) is 0 Å². The van der Waals surface area contributed by atoms with Crippen LogP contribution in [0.1, 0.15) is 46.5 Å². The van der Waals surface area contributed by atoms with Gasteiger partial charge in [0, 0.05) is 18.4 Å². The zero-order valence-corrected chi connectivity index (χ0v) is 11.5. The molecule has 0 spiro atoms. The first-order valence-corrected chi connectivity index (χ1v) is 6.97. The molecule has 0 aromatic carbocycles. The Morgan fingerprint density at radius 2 is 2.18 bits per heavy atom. The number of rotatable bonds is 9. The lowest BCUT2D eigenvalue weighted by atomic mass is 9.99. The lowest BCUT2D eigenvalue weighted by molar-refractivity contribution is 0.371. The second-order valence-corrected chi connectivity index (χ2v) is 4.95. The Morgan fingerprint density at radius 3 is 2.76 bits per heavy atom. The van der Waals surface area contributed by atoms with Gasteiger partial charge in [-0.3, -0.25) is 4.68 Å². The van der Waals surface area contributed by atoms with Gasteiger partial charge in [0.15, 0.2) is 0 Å². The standard InChI is InChI=1S/C14H27N3/c1-4-6-8-14(5-2)11-15-13(3)12-17-10-7-9-16-17/h7,9-10,13-15H,4-6,8,11-12H2,1-3H3. The normalized spacial score (nSPS) is 14.8. The molecule has 2 unspecified atom stereocenters. The number of hydrogen-bond donors (Lipinski definition) is 1. The highest BCUT2D eigenvalue weighted by Crippen LogP contribution is 2.11. The summed E-state index contributed by atoms with van der Waals surface area (Å²) in [6.45, 7) is 8.88. The summed E-state index contributed by atoms with van der Waals surface area (Å²) in [6.07, 6.45) is 9.15. The summed E-state index contributed by atoms with van der Waals surface area (Å²) in [5.74, 6) is 0.829. The predicted molar refractivity (Wildman–Crippen MR) is 73.0 cm³/mol. The van der Waals surface area contributed by atoms with E-state index in [1.807, 2.05) is 23.1 Å². The Hall–Kier alpha value is -0.830. The Kier molecular flexibility index (Phi) is 6.94. The van der Waals surface area contributed by atoms with Crippen molar-refractivity contribution >= 4 is 0 Å². The van der Waals surface area contributed by atoms with E-state index in [2.05, 4.69) is 31.2 Å². The van der Waals surface area contributed by atoms with Crippen molar-refractivity contribution in [1.82, 2.24) is 15.1 Å². The van der Waals surface area contributed by atoms with E-state index >= 15 is 0 Å². The molecule has 0 amide bonds. The third-order valence-electron chi connectivity index (χ3n) is 3.32. The maximum Gasteiger partial charge on any atom is 0.0559 e. The highest BCUT2D eigenvalue weighted by Gasteiger charge is 2.08. The predicted octanol–water partition coefficient (Wildman–Crippen LogP) is 3.08. The first-order chi connectivity index (χ1) is 8.26. The monoisotopic (exact) mass is 237 g/mol. The van der Waals surface area contributed by atoms with Crippen molar-refractivity contribution in [2.45, 2.75) is 59.0 Å². The lowest BCUT2D eigenvalue weighted by Gasteiger charge is -2.19. The molecule has 1 aromatic rings. The molecule has 1 rings (SSSR count). The van der Waals surface area contributed by atoms with Gasteiger partial charge in [-0.2, -0.15) is 5.10 Å². The van der Waals surface area contributed by atoms with Crippen LogP contribution in [0.25, 0.3) is 0 Å². The van der Waals surface area contributed by atoms with Gasteiger partial charge in [-0.1, -0.05) is 33.1 Å². The molecular weight excluding hydrogens is 210 g/mol. The van der Waals surface area contributed by atoms with E-state index in [9.17, 15) is 0 Å². The van der Waals surface area contributed by atoms with Crippen molar-refractivity contribution in [3.8, 4) is 0 Å². The topological polar surface area (TPSA) is 29.9 Å². The molecule has 0 aliphatic rings. The molecule has 1 N–H and O–H groups in total. The average molecular weight is 237 g/mol. The van der Waals surface area contributed by atoms with Crippen molar-refractivity contribution in [3.05, 3.63) is 18.5 Å². The molecule has 1 aromatic heterocycles. The van der Waals surface area contributed by atoms with E-state index in [-0.39, 0.29) is 0 Å². The van der Waals surface area contributed by atoms with Gasteiger partial charge >= 0.3 is 0 Å². The third-order valence-corrected chi connectivity index (χ3v) is 3.32. The number of nitrogens with one attached hydrogen (secondary N) is 1. The maximum atomic E-state index is 4.23. The van der Waals surface area contributed by atoms with Gasteiger partial charge < -0.3 is 5.32 Å². The third kappa shape index (κ3) is 5.87. The molecule has 17 heavy (non-hydrogen) atoms. The highest BCUT2D eigenvalue weighted by molar-refractivity contribution is 4.79. The van der Waals surface area contributed by atoms with Crippen LogP contribution in [-0.4, -0.2) is 22.4 Å². The number of nitrogens with zero attached hydrogens (tertiary/aromatic N) is 2. The smallest absolute Gasteiger partial charge is 0.0559 e. The molecular formula is C14H27N3. The van der Waals surface area contributed by atoms with Crippen LogP contribution >= 0.6 is 0 Å². The zero-order valence-electron chi connectivity index (χ0n) is 11.5. The molecule has 0 aliphatic heterocycles. The highest BCUT2D eigenvalue weighted by atomic mass is 15.3. The molecule has 0 saturated heterocycles. The molecule has 0 bridgehead atoms. The molecule has 0 fully saturated rings. The molecule has 0 radical (unpaired) electrons. The van der Waals surface area contributed by atoms with Gasteiger partial charge in [-0.05, 0) is 31.9 Å². The van der Waals surface area contributed by atoms with Crippen LogP contribution in [0.3, 0.4) is 0 Å². The molecule has 1 heterocycles. The Bertz CT molecular complexity index is 269. The van der Waals surface area contributed by atoms with Crippen LogP contribution in [0.15, 0.2) is 18.5 Å². The number of hydrogen-bond acceptors (Lipinski definition) is 2. The van der Waals surface area contributed by atoms with Gasteiger partial charge in [0.1, 0.15) is 0 Å². The van der Waals surface area contributed by atoms with Crippen LogP contribution in [-0.2, 0) is 6.54 Å². The first kappa shape index (κ1) is 14.2. The summed E-state index contributed by atoms with van der Waals surface area (Å²) < 4.78 is 1.99. The van der Waals surface area contributed by atoms with Crippen molar-refractivity contribution in [3.63, 3.8) is 0 Å². The van der Waals surface area contributed by atoms with Gasteiger partial charge in [0.2, 0.25) is 0 Å². The second kappa shape index (κ2) is 8.29. The molecule has 3 heteroatoms. The lowest BCUT2D eigenvalue weighted by Crippen LogP contribution is -2.34. The van der Waals surface area contributed by atoms with Crippen molar-refractivity contribution in [1.29, 1.82) is 0 Å². The summed E-state index contributed by atoms with van der Waals surface area (Å²) >= 11 is 0. The molecule has 0 saturated carbocycles. The SMILES string of the molecule is CCCCC(CC)CNC(C)Cn1cccn1. The van der Waals surface area contributed by atoms with Crippen LogP contribution in [0.2, 0.25) is 0 Å². The first-order valence-electron chi connectivity index (χ1n) is 6.97. The molecule has 2 atom stereocenters. The fraction of sp³-hybridized carbons (Fsp3) is 0.786. The summed E-state index contributed by atoms with van der Waals surface area (Å²) in [6, 6.07) is 2.47. The summed E-state index contributed by atoms with van der Waals surface area (Å²) in [5.41, 5.74) is 0. The van der Waals surface area contributed by atoms with Gasteiger partial charge in [0.05, 0.1) is 6.54 Å². The second-order valence-electron chi connectivity index (χ2n) is 4.95. The summed E-state index contributed by atoms with van der Waals surface area (Å²) in [7, 11) is 0. The van der Waals surface area contributed by atoms with Crippen LogP contribution in [0.4, 0.5) is 0 Å². The fourth-order valence-corrected chi connectivity index (χ4v) is 2.06. The Labute approximate surface area is 106 Å². The Morgan fingerprint density at radius 1 is 1.35 bits per heavy atom. The van der Waals surface area contributed by atoms with Gasteiger partial charge in [-0.15, -0.1) is 0 Å². The van der Waals surface area contributed by atoms with Crippen LogP contribution in [0.5, 0.6) is 0 Å². The van der Waals surface area contributed by atoms with E-state index in [1.165, 1.54) is 25.7 Å². The largest absolute Gasteiger partial charge is 0.312 e. The number of unbranched alkanes of at least 4 members (excludes halogenated alkanes) is 1. The molecule has 3 nitrogen and oxygen atoms in total. The molecule has 0 aliphatic carbocycles. The quantitative estimate of drug-likeness (QED) is 0.715. The van der Waals surface area contributed by atoms with Crippen LogP contribution in [0, 0.1) is 5.92 Å². The summed E-state index contributed by atoms with van der Waals surface area (Å²) in [5, 5.41) is 7.85. The van der Waals surface area contributed by atoms with Crippen molar-refractivity contribution in [2.24, 2.45) is 5.92 Å². The van der Waals surface area contributed by atoms with E-state index in [0.29, 0.717) is 6.04 Å². The van der Waals surface area contributed by atoms with Gasteiger partial charge in [-0.25, -0.2) is 0 Å². The number of aromatic nitrogens is 2. The van der Waals surface area contributed by atoms with Crippen LogP contribution < -0.4 is 5.32 Å². The minimum atomic E-state index is 0.491. The van der Waals surface area contributed by atoms with Crippen molar-refractivity contribution in [2.75, 3.05) is 6.54 Å². The molecule has 98 valence electrons. The van der Waals surface area contributed by atoms with E-state index < -0.39 is 0 Å². The average Bonchev–Trinajstić information content (AvgIpc) is 2.82. The van der Waals surface area contributed by atoms with E-state index in [4.69, 9.17) is 0 Å². The van der Waals surface area contributed by atoms with Gasteiger partial charge in [0.25, 0.3) is 0 Å². The summed E-state index contributed by atoms with van der Waals surface area (Å²) in [4.78, 5) is 0. The fourth-order valence-electron chi connectivity index (χ4n) is 2.06. The minimum Gasteiger partial charge on any atom is -0.312 e. The van der Waals surface area contributed by atoms with Crippen molar-refractivity contribution < 1.29 is 0 Å². The Balaban J connectivity index is 2.19.